The number of H-pyrrole nitrogens is 1. The molecule has 1 aromatic carbocycles. The van der Waals surface area contributed by atoms with Crippen LogP contribution >= 0.6 is 0 Å². The third-order valence-electron chi connectivity index (χ3n) is 7.53. The highest BCUT2D eigenvalue weighted by Crippen LogP contribution is 2.36. The third kappa shape index (κ3) is 6.79. The predicted octanol–water partition coefficient (Wildman–Crippen LogP) is 5.86. The molecule has 5 heterocycles. The number of pyridine rings is 2. The van der Waals surface area contributed by atoms with E-state index < -0.39 is 17.5 Å². The van der Waals surface area contributed by atoms with Crippen LogP contribution in [0, 0.1) is 11.7 Å². The zero-order chi connectivity index (χ0) is 31.6. The topological polar surface area (TPSA) is 138 Å². The number of hydrogen-bond donors (Lipinski definition) is 2. The molecule has 0 bridgehead atoms. The molecular formula is C33H33FN8O3. The molecule has 230 valence electrons. The van der Waals surface area contributed by atoms with Gasteiger partial charge in [-0.05, 0) is 63.4 Å². The fourth-order valence-electron chi connectivity index (χ4n) is 5.51. The number of piperidine rings is 1. The predicted molar refractivity (Wildman–Crippen MR) is 170 cm³/mol. The number of rotatable bonds is 6. The summed E-state index contributed by atoms with van der Waals surface area (Å²) in [5, 5.41) is 4.21. The molecule has 1 aliphatic heterocycles. The van der Waals surface area contributed by atoms with Gasteiger partial charge >= 0.3 is 6.09 Å². The first-order chi connectivity index (χ1) is 21.6. The number of ether oxygens (including phenoxy) is 1. The summed E-state index contributed by atoms with van der Waals surface area (Å²) in [5.74, 6) is -0.724. The van der Waals surface area contributed by atoms with Gasteiger partial charge in [0.05, 0.1) is 5.56 Å². The van der Waals surface area contributed by atoms with E-state index in [1.54, 1.807) is 57.8 Å². The van der Waals surface area contributed by atoms with E-state index in [1.165, 1.54) is 18.6 Å². The molecule has 0 radical (unpaired) electrons. The number of aromatic nitrogens is 5. The number of anilines is 1. The number of aromatic amines is 1. The Kier molecular flexibility index (Phi) is 8.20. The van der Waals surface area contributed by atoms with Crippen molar-refractivity contribution in [1.82, 2.24) is 30.2 Å². The minimum atomic E-state index is -0.613. The molecule has 6 rings (SSSR count). The first-order valence-electron chi connectivity index (χ1n) is 14.7. The highest BCUT2D eigenvalue weighted by molar-refractivity contribution is 6.03. The number of carbonyl (C=O) groups excluding carboxylic acids is 2. The van der Waals surface area contributed by atoms with Crippen molar-refractivity contribution in [2.24, 2.45) is 10.9 Å². The molecule has 1 saturated heterocycles. The molecule has 12 heteroatoms. The van der Waals surface area contributed by atoms with E-state index in [0.717, 1.165) is 30.6 Å². The lowest BCUT2D eigenvalue weighted by atomic mass is 9.97. The third-order valence-corrected chi connectivity index (χ3v) is 7.53. The molecule has 1 unspecified atom stereocenters. The van der Waals surface area contributed by atoms with E-state index in [4.69, 9.17) is 4.74 Å². The Morgan fingerprint density at radius 3 is 2.78 bits per heavy atom. The smallest absolute Gasteiger partial charge is 0.433 e. The lowest BCUT2D eigenvalue weighted by molar-refractivity contribution is 0.0604. The number of hydrogen-bond acceptors (Lipinski definition) is 8. The van der Waals surface area contributed by atoms with Crippen molar-refractivity contribution < 1.29 is 18.7 Å². The van der Waals surface area contributed by atoms with E-state index in [-0.39, 0.29) is 23.9 Å². The summed E-state index contributed by atoms with van der Waals surface area (Å²) in [7, 11) is 0. The Labute approximate surface area is 259 Å². The van der Waals surface area contributed by atoms with Gasteiger partial charge in [0.25, 0.3) is 5.91 Å². The summed E-state index contributed by atoms with van der Waals surface area (Å²) in [6.45, 7) is 7.06. The lowest BCUT2D eigenvalue weighted by Gasteiger charge is -2.33. The largest absolute Gasteiger partial charge is 0.442 e. The second kappa shape index (κ2) is 12.4. The van der Waals surface area contributed by atoms with Crippen LogP contribution in [-0.4, -0.2) is 61.8 Å². The first kappa shape index (κ1) is 29.8. The molecule has 0 spiro atoms. The molecule has 5 aromatic rings. The maximum atomic E-state index is 15.6. The summed E-state index contributed by atoms with van der Waals surface area (Å²) >= 11 is 0. The fraction of sp³-hybridized carbons (Fsp3) is 0.303. The normalized spacial score (nSPS) is 15.6. The van der Waals surface area contributed by atoms with Gasteiger partial charge in [-0.15, -0.1) is 0 Å². The van der Waals surface area contributed by atoms with Crippen LogP contribution in [0.25, 0.3) is 33.1 Å². The van der Waals surface area contributed by atoms with Gasteiger partial charge in [-0.2, -0.15) is 4.99 Å². The fourth-order valence-corrected chi connectivity index (χ4v) is 5.51. The minimum absolute atomic E-state index is 0.0289. The second-order valence-electron chi connectivity index (χ2n) is 12.0. The van der Waals surface area contributed by atoms with E-state index in [2.05, 4.69) is 40.1 Å². The molecule has 0 saturated carbocycles. The summed E-state index contributed by atoms with van der Waals surface area (Å²) < 4.78 is 20.9. The Balaban J connectivity index is 1.28. The monoisotopic (exact) mass is 608 g/mol. The number of benzene rings is 1. The van der Waals surface area contributed by atoms with Crippen LogP contribution in [0.5, 0.6) is 0 Å². The van der Waals surface area contributed by atoms with Crippen LogP contribution in [-0.2, 0) is 11.3 Å². The van der Waals surface area contributed by atoms with Gasteiger partial charge in [0.15, 0.2) is 0 Å². The Bertz CT molecular complexity index is 1900. The highest BCUT2D eigenvalue weighted by atomic mass is 19.1. The summed E-state index contributed by atoms with van der Waals surface area (Å²) in [6.07, 6.45) is 12.4. The first-order valence-corrected chi connectivity index (χ1v) is 14.7. The van der Waals surface area contributed by atoms with Crippen molar-refractivity contribution in [3.63, 3.8) is 0 Å². The number of amides is 2. The van der Waals surface area contributed by atoms with Gasteiger partial charge in [-0.3, -0.25) is 9.78 Å². The molecule has 2 amide bonds. The Morgan fingerprint density at radius 1 is 1.16 bits per heavy atom. The average molecular weight is 609 g/mol. The van der Waals surface area contributed by atoms with E-state index in [1.807, 2.05) is 12.1 Å². The van der Waals surface area contributed by atoms with Gasteiger partial charge in [-0.1, -0.05) is 0 Å². The quantitative estimate of drug-likeness (QED) is 0.229. The van der Waals surface area contributed by atoms with Crippen molar-refractivity contribution in [2.75, 3.05) is 18.0 Å². The van der Waals surface area contributed by atoms with E-state index in [9.17, 15) is 9.59 Å². The summed E-state index contributed by atoms with van der Waals surface area (Å²) in [6, 6.07) is 7.01. The Morgan fingerprint density at radius 2 is 1.98 bits per heavy atom. The van der Waals surface area contributed by atoms with Crippen molar-refractivity contribution in [2.45, 2.75) is 45.8 Å². The molecular weight excluding hydrogens is 575 g/mol. The number of nitrogens with zero attached hydrogens (tertiary/aromatic N) is 6. The minimum Gasteiger partial charge on any atom is -0.442 e. The van der Waals surface area contributed by atoms with Gasteiger partial charge in [-0.25, -0.2) is 24.1 Å². The standard InChI is InChI=1S/C33H33FN8O3/c1-33(2,3)45-32(44)41-14-20-5-4-8-42(18-20)28-6-7-37-29-25(28)9-22(11-27(29)34)26-17-39-30-24(26)10-23(16-38-30)31(43)40-15-21-12-35-19-36-13-21/h6-7,9-14,16-17,19-20H,4-5,8,15,18H2,1-3H3,(H,38,39)(H,40,43). The van der Waals surface area contributed by atoms with Gasteiger partial charge in [0.1, 0.15) is 28.9 Å². The zero-order valence-electron chi connectivity index (χ0n) is 25.2. The van der Waals surface area contributed by atoms with Gasteiger partial charge in [0, 0.05) is 90.3 Å². The molecule has 1 atom stereocenters. The summed E-state index contributed by atoms with van der Waals surface area (Å²) in [4.78, 5) is 51.2. The zero-order valence-corrected chi connectivity index (χ0v) is 25.2. The van der Waals surface area contributed by atoms with Crippen LogP contribution in [0.4, 0.5) is 14.9 Å². The highest BCUT2D eigenvalue weighted by Gasteiger charge is 2.23. The summed E-state index contributed by atoms with van der Waals surface area (Å²) in [5.41, 5.74) is 3.56. The molecule has 4 aromatic heterocycles. The van der Waals surface area contributed by atoms with Crippen LogP contribution in [0.1, 0.15) is 49.5 Å². The van der Waals surface area contributed by atoms with Crippen molar-refractivity contribution in [3.8, 4) is 11.1 Å². The maximum Gasteiger partial charge on any atom is 0.433 e. The average Bonchev–Trinajstić information content (AvgIpc) is 3.46. The number of halogens is 1. The molecule has 0 aliphatic carbocycles. The van der Waals surface area contributed by atoms with Crippen LogP contribution in [0.15, 0.2) is 66.6 Å². The lowest BCUT2D eigenvalue weighted by Crippen LogP contribution is -2.36. The molecule has 1 fully saturated rings. The second-order valence-corrected chi connectivity index (χ2v) is 12.0. The van der Waals surface area contributed by atoms with Crippen molar-refractivity contribution in [1.29, 1.82) is 0 Å². The molecule has 11 nitrogen and oxygen atoms in total. The van der Waals surface area contributed by atoms with Gasteiger partial charge in [0.2, 0.25) is 0 Å². The molecule has 2 N–H and O–H groups in total. The number of nitrogens with one attached hydrogen (secondary N) is 2. The Hall–Kier alpha value is -5.26. The molecule has 1 aliphatic rings. The number of aliphatic imine (C=N–C) groups is 1. The maximum absolute atomic E-state index is 15.6. The van der Waals surface area contributed by atoms with E-state index in [0.29, 0.717) is 39.7 Å². The van der Waals surface area contributed by atoms with Crippen LogP contribution < -0.4 is 10.2 Å². The SMILES string of the molecule is CC(C)(C)OC(=O)N=CC1CCCN(c2ccnc3c(F)cc(-c4c[nH]c5ncc(C(=O)NCc6cncnc6)cc45)cc23)C1. The van der Waals surface area contributed by atoms with Crippen LogP contribution in [0.2, 0.25) is 0 Å². The van der Waals surface area contributed by atoms with Crippen molar-refractivity contribution in [3.05, 3.63) is 78.5 Å². The number of carbonyl (C=O) groups is 2. The van der Waals surface area contributed by atoms with Crippen LogP contribution in [0.3, 0.4) is 0 Å². The van der Waals surface area contributed by atoms with Gasteiger partial charge < -0.3 is 19.9 Å². The molecule has 45 heavy (non-hydrogen) atoms. The number of fused-ring (bicyclic) bond motifs is 2. The van der Waals surface area contributed by atoms with E-state index >= 15 is 4.39 Å². The van der Waals surface area contributed by atoms with Crippen molar-refractivity contribution >= 4 is 45.8 Å².